The van der Waals surface area contributed by atoms with Gasteiger partial charge in [-0.15, -0.1) is 0 Å². The molecule has 1 fully saturated rings. The van der Waals surface area contributed by atoms with Crippen molar-refractivity contribution in [1.29, 1.82) is 0 Å². The number of carbonyl (C=O) groups excluding carboxylic acids is 3. The molecule has 0 spiro atoms. The summed E-state index contributed by atoms with van der Waals surface area (Å²) in [7, 11) is -14.1. The molecule has 3 amide bonds. The van der Waals surface area contributed by atoms with Crippen molar-refractivity contribution in [3.05, 3.63) is 0 Å². The average Bonchev–Trinajstić information content (AvgIpc) is 2.72. The van der Waals surface area contributed by atoms with Crippen molar-refractivity contribution in [3.8, 4) is 0 Å². The van der Waals surface area contributed by atoms with Crippen molar-refractivity contribution in [2.45, 2.75) is 36.6 Å². The molecule has 0 bridgehead atoms. The topological polar surface area (TPSA) is 315 Å². The summed E-state index contributed by atoms with van der Waals surface area (Å²) < 4.78 is 63.0. The van der Waals surface area contributed by atoms with Gasteiger partial charge in [-0.3, -0.25) is 13.6 Å². The third-order valence-corrected chi connectivity index (χ3v) is 5.62. The number of phosphoric ester groups is 3. The Balaban J connectivity index is 3.93. The summed E-state index contributed by atoms with van der Waals surface area (Å²) in [5.41, 5.74) is 0. The number of alkyl carbamates (subject to hydrolysis) is 3. The molecular weight excluding hydrogens is 567 g/mol. The maximum atomic E-state index is 12.0. The molecule has 4 atom stereocenters. The number of carbonyl (C=O) groups is 3. The van der Waals surface area contributed by atoms with Gasteiger partial charge in [0, 0.05) is 21.1 Å². The molecule has 21 nitrogen and oxygen atoms in total. The van der Waals surface area contributed by atoms with Crippen LogP contribution in [-0.4, -0.2) is 105 Å². The van der Waals surface area contributed by atoms with E-state index in [4.69, 9.17) is 14.2 Å². The monoisotopic (exact) mass is 591 g/mol. The molecule has 0 aliphatic heterocycles. The molecule has 4 unspecified atom stereocenters. The molecule has 0 radical (unpaired) electrons. The lowest BCUT2D eigenvalue weighted by Gasteiger charge is -2.47. The molecule has 1 aliphatic carbocycles. The van der Waals surface area contributed by atoms with E-state index in [-0.39, 0.29) is 0 Å². The molecule has 0 aromatic rings. The maximum absolute atomic E-state index is 12.0. The predicted octanol–water partition coefficient (Wildman–Crippen LogP) is -2.39. The fourth-order valence-corrected chi connectivity index (χ4v) is 4.58. The standard InChI is InChI=1S/C12H24N3O18P3/c1-13-10(16)28-4-5(29-11(17)14-2)7(31-34(19,20)21)9(33-36(25,26)27)8(32-35(22,23)24)6(4)30-12(18)15-3/h4-9H,1-3H3,(H,13,16)(H,14,17)(H,15,18)(H2,19,20,21)(H2,22,23,24)(H2,25,26,27). The van der Waals surface area contributed by atoms with Crippen LogP contribution >= 0.6 is 23.5 Å². The van der Waals surface area contributed by atoms with Gasteiger partial charge < -0.3 is 59.5 Å². The van der Waals surface area contributed by atoms with Crippen molar-refractivity contribution >= 4 is 41.7 Å². The van der Waals surface area contributed by atoms with Crippen molar-refractivity contribution in [2.24, 2.45) is 0 Å². The largest absolute Gasteiger partial charge is 0.470 e. The number of hydrogen-bond acceptors (Lipinski definition) is 12. The first-order valence-electron chi connectivity index (χ1n) is 9.18. The molecular formula is C12H24N3O18P3. The van der Waals surface area contributed by atoms with E-state index in [0.29, 0.717) is 0 Å². The third kappa shape index (κ3) is 10.3. The molecule has 9 N–H and O–H groups in total. The number of nitrogens with one attached hydrogen (secondary N) is 3. The first-order chi connectivity index (χ1) is 16.3. The van der Waals surface area contributed by atoms with Gasteiger partial charge >= 0.3 is 41.7 Å². The summed E-state index contributed by atoms with van der Waals surface area (Å²) in [5.74, 6) is 0. The van der Waals surface area contributed by atoms with Crippen LogP contribution in [0.25, 0.3) is 0 Å². The minimum absolute atomic E-state index is 1.01. The Kier molecular flexibility index (Phi) is 11.3. The Morgan fingerprint density at radius 1 is 0.500 bits per heavy atom. The van der Waals surface area contributed by atoms with E-state index in [1.54, 1.807) is 0 Å². The van der Waals surface area contributed by atoms with Crippen LogP contribution in [0.1, 0.15) is 0 Å². The number of ether oxygens (including phenoxy) is 3. The number of amides is 3. The highest BCUT2D eigenvalue weighted by atomic mass is 31.2. The minimum Gasteiger partial charge on any atom is -0.439 e. The molecule has 1 aliphatic rings. The third-order valence-electron chi connectivity index (χ3n) is 4.06. The van der Waals surface area contributed by atoms with Crippen molar-refractivity contribution < 1.29 is 85.2 Å². The van der Waals surface area contributed by atoms with E-state index >= 15 is 0 Å². The number of rotatable bonds is 9. The number of phosphoric acid groups is 3. The summed E-state index contributed by atoms with van der Waals surface area (Å²) in [4.78, 5) is 92.0. The van der Waals surface area contributed by atoms with Crippen molar-refractivity contribution in [1.82, 2.24) is 16.0 Å². The van der Waals surface area contributed by atoms with Gasteiger partial charge in [-0.05, 0) is 0 Å². The Hall–Kier alpha value is -1.86. The smallest absolute Gasteiger partial charge is 0.439 e. The lowest BCUT2D eigenvalue weighted by atomic mass is 9.84. The second kappa shape index (κ2) is 12.6. The van der Waals surface area contributed by atoms with E-state index in [2.05, 4.69) is 13.6 Å². The van der Waals surface area contributed by atoms with E-state index in [1.165, 1.54) is 0 Å². The van der Waals surface area contributed by atoms with Gasteiger partial charge in [0.15, 0.2) is 18.3 Å². The zero-order chi connectivity index (χ0) is 28.1. The summed E-state index contributed by atoms with van der Waals surface area (Å²) in [6.45, 7) is 0. The summed E-state index contributed by atoms with van der Waals surface area (Å²) in [6.07, 6.45) is -18.9. The second-order valence-electron chi connectivity index (χ2n) is 6.54. The molecule has 210 valence electrons. The molecule has 36 heavy (non-hydrogen) atoms. The average molecular weight is 591 g/mol. The van der Waals surface area contributed by atoms with Crippen molar-refractivity contribution in [2.75, 3.05) is 21.1 Å². The van der Waals surface area contributed by atoms with Crippen molar-refractivity contribution in [3.63, 3.8) is 0 Å². The van der Waals surface area contributed by atoms with Gasteiger partial charge in [0.1, 0.15) is 18.3 Å². The SMILES string of the molecule is CNC(=O)OC1C(OC(=O)NC)C(OP(=O)(O)O)C(OP(=O)(O)O)C(OP(=O)(O)O)C1OC(=O)NC. The first kappa shape index (κ1) is 32.2. The lowest BCUT2D eigenvalue weighted by Crippen LogP contribution is -2.68. The second-order valence-corrected chi connectivity index (χ2v) is 10.1. The predicted molar refractivity (Wildman–Crippen MR) is 109 cm³/mol. The van der Waals surface area contributed by atoms with Crippen LogP contribution in [0.4, 0.5) is 14.4 Å². The molecule has 0 heterocycles. The van der Waals surface area contributed by atoms with Gasteiger partial charge in [-0.2, -0.15) is 0 Å². The highest BCUT2D eigenvalue weighted by Gasteiger charge is 2.62. The Morgan fingerprint density at radius 3 is 0.889 bits per heavy atom. The van der Waals surface area contributed by atoms with Gasteiger partial charge in [-0.1, -0.05) is 0 Å². The molecule has 0 aromatic heterocycles. The molecule has 1 saturated carbocycles. The van der Waals surface area contributed by atoms with Crippen LogP contribution < -0.4 is 16.0 Å². The molecule has 1 rings (SSSR count). The molecule has 24 heteroatoms. The van der Waals surface area contributed by atoms with E-state index < -0.39 is 78.4 Å². The number of hydrogen-bond donors (Lipinski definition) is 9. The molecule has 0 saturated heterocycles. The minimum atomic E-state index is -5.73. The van der Waals surface area contributed by atoms with Gasteiger partial charge in [0.2, 0.25) is 0 Å². The fraction of sp³-hybridized carbons (Fsp3) is 0.750. The quantitative estimate of drug-likeness (QED) is 0.0997. The van der Waals surface area contributed by atoms with E-state index in [0.717, 1.165) is 21.1 Å². The highest BCUT2D eigenvalue weighted by molar-refractivity contribution is 7.47. The van der Waals surface area contributed by atoms with E-state index in [9.17, 15) is 57.4 Å². The normalized spacial score (nSPS) is 26.9. The molecule has 0 aromatic carbocycles. The highest BCUT2D eigenvalue weighted by Crippen LogP contribution is 2.51. The van der Waals surface area contributed by atoms with Crippen LogP contribution in [0, 0.1) is 0 Å². The van der Waals surface area contributed by atoms with Crippen LogP contribution in [0.3, 0.4) is 0 Å². The Labute approximate surface area is 201 Å². The van der Waals surface area contributed by atoms with Gasteiger partial charge in [-0.25, -0.2) is 28.1 Å². The first-order valence-corrected chi connectivity index (χ1v) is 13.8. The summed E-state index contributed by atoms with van der Waals surface area (Å²) in [5, 5.41) is 5.80. The van der Waals surface area contributed by atoms with Crippen LogP contribution in [0.15, 0.2) is 0 Å². The van der Waals surface area contributed by atoms with Gasteiger partial charge in [0.25, 0.3) is 0 Å². The Morgan fingerprint density at radius 2 is 0.694 bits per heavy atom. The Bertz CT molecular complexity index is 891. The van der Waals surface area contributed by atoms with Crippen LogP contribution in [0.5, 0.6) is 0 Å². The summed E-state index contributed by atoms with van der Waals surface area (Å²) in [6, 6.07) is 0. The van der Waals surface area contributed by atoms with Crippen LogP contribution in [-0.2, 0) is 41.5 Å². The lowest BCUT2D eigenvalue weighted by molar-refractivity contribution is -0.211. The zero-order valence-corrected chi connectivity index (χ0v) is 21.1. The maximum Gasteiger partial charge on any atom is 0.470 e. The fourth-order valence-electron chi connectivity index (χ4n) is 2.91. The zero-order valence-electron chi connectivity index (χ0n) is 18.4. The summed E-state index contributed by atoms with van der Waals surface area (Å²) >= 11 is 0. The van der Waals surface area contributed by atoms with E-state index in [1.807, 2.05) is 16.0 Å². The van der Waals surface area contributed by atoms with Crippen LogP contribution in [0.2, 0.25) is 0 Å². The van der Waals surface area contributed by atoms with Gasteiger partial charge in [0.05, 0.1) is 0 Å².